The standard InChI is InChI=1S/C24H19N3O2S2/c1-15-7-5-9-17(13-15)27-22(29)21(23-26(2)19-11-3-4-12-20(19)30-23)31-24(27)25-16-8-6-10-18(28)14-16/h3-14,28H,1-2H3/b23-21-,25-24?. The van der Waals surface area contributed by atoms with Crippen molar-refractivity contribution in [2.45, 2.75) is 11.8 Å². The van der Waals surface area contributed by atoms with Crippen molar-refractivity contribution in [3.63, 3.8) is 0 Å². The first-order valence-corrected chi connectivity index (χ1v) is 11.4. The lowest BCUT2D eigenvalue weighted by Gasteiger charge is -2.17. The summed E-state index contributed by atoms with van der Waals surface area (Å²) >= 11 is 2.96. The molecule has 7 heteroatoms. The fraction of sp³-hybridized carbons (Fsp3) is 0.0833. The summed E-state index contributed by atoms with van der Waals surface area (Å²) in [5, 5.41) is 11.3. The molecule has 0 atom stereocenters. The van der Waals surface area contributed by atoms with Crippen LogP contribution in [0.4, 0.5) is 17.1 Å². The molecule has 31 heavy (non-hydrogen) atoms. The minimum Gasteiger partial charge on any atom is -0.508 e. The molecule has 1 fully saturated rings. The number of phenolic OH excluding ortho intramolecular Hbond substituents is 1. The molecule has 0 unspecified atom stereocenters. The van der Waals surface area contributed by atoms with Gasteiger partial charge in [0.2, 0.25) is 0 Å². The van der Waals surface area contributed by atoms with Crippen LogP contribution in [-0.2, 0) is 4.79 Å². The highest BCUT2D eigenvalue weighted by Gasteiger charge is 2.40. The van der Waals surface area contributed by atoms with Crippen LogP contribution in [0.5, 0.6) is 5.75 Å². The quantitative estimate of drug-likeness (QED) is 0.499. The monoisotopic (exact) mass is 445 g/mol. The number of fused-ring (bicyclic) bond motifs is 1. The number of para-hydroxylation sites is 1. The van der Waals surface area contributed by atoms with Gasteiger partial charge in [-0.15, -0.1) is 0 Å². The molecule has 0 saturated carbocycles. The van der Waals surface area contributed by atoms with Gasteiger partial charge in [-0.25, -0.2) is 4.99 Å². The van der Waals surface area contributed by atoms with Crippen LogP contribution < -0.4 is 9.80 Å². The molecule has 0 aliphatic carbocycles. The van der Waals surface area contributed by atoms with Crippen molar-refractivity contribution in [3.05, 3.63) is 88.3 Å². The van der Waals surface area contributed by atoms with Gasteiger partial charge in [0, 0.05) is 18.0 Å². The first-order valence-electron chi connectivity index (χ1n) is 9.73. The van der Waals surface area contributed by atoms with Crippen molar-refractivity contribution in [1.29, 1.82) is 0 Å². The minimum absolute atomic E-state index is 0.100. The average Bonchev–Trinajstić information content (AvgIpc) is 3.25. The highest BCUT2D eigenvalue weighted by molar-refractivity contribution is 8.20. The van der Waals surface area contributed by atoms with Crippen molar-refractivity contribution < 1.29 is 9.90 Å². The Labute approximate surface area is 189 Å². The molecular formula is C24H19N3O2S2. The number of aromatic hydroxyl groups is 1. The Balaban J connectivity index is 1.63. The maximum Gasteiger partial charge on any atom is 0.274 e. The van der Waals surface area contributed by atoms with Gasteiger partial charge < -0.3 is 10.0 Å². The van der Waals surface area contributed by atoms with E-state index in [1.165, 1.54) is 11.8 Å². The second-order valence-electron chi connectivity index (χ2n) is 7.26. The average molecular weight is 446 g/mol. The van der Waals surface area contributed by atoms with Crippen molar-refractivity contribution >= 4 is 51.7 Å². The number of phenols is 1. The maximum absolute atomic E-state index is 13.6. The predicted octanol–water partition coefficient (Wildman–Crippen LogP) is 5.88. The van der Waals surface area contributed by atoms with Crippen LogP contribution in [0, 0.1) is 6.92 Å². The van der Waals surface area contributed by atoms with Gasteiger partial charge in [-0.2, -0.15) is 0 Å². The minimum atomic E-state index is -0.100. The lowest BCUT2D eigenvalue weighted by atomic mass is 10.2. The summed E-state index contributed by atoms with van der Waals surface area (Å²) in [5.74, 6) is 0.0371. The summed E-state index contributed by atoms with van der Waals surface area (Å²) in [5.41, 5.74) is 3.52. The van der Waals surface area contributed by atoms with Gasteiger partial charge in [-0.05, 0) is 60.6 Å². The molecule has 1 N–H and O–H groups in total. The van der Waals surface area contributed by atoms with E-state index in [0.29, 0.717) is 15.8 Å². The summed E-state index contributed by atoms with van der Waals surface area (Å²) in [4.78, 5) is 23.8. The largest absolute Gasteiger partial charge is 0.508 e. The normalized spacial score (nSPS) is 19.4. The molecule has 2 heterocycles. The zero-order valence-corrected chi connectivity index (χ0v) is 18.6. The highest BCUT2D eigenvalue weighted by Crippen LogP contribution is 2.50. The molecule has 3 aromatic rings. The number of anilines is 2. The number of carbonyl (C=O) groups excluding carboxylic acids is 1. The number of amidine groups is 1. The van der Waals surface area contributed by atoms with Gasteiger partial charge in [0.15, 0.2) is 5.17 Å². The van der Waals surface area contributed by atoms with Crippen LogP contribution in [0.1, 0.15) is 5.56 Å². The van der Waals surface area contributed by atoms with Crippen LogP contribution in [0.25, 0.3) is 0 Å². The number of hydrogen-bond donors (Lipinski definition) is 1. The maximum atomic E-state index is 13.6. The Kier molecular flexibility index (Phi) is 5.00. The fourth-order valence-electron chi connectivity index (χ4n) is 3.55. The molecule has 2 aliphatic rings. The van der Waals surface area contributed by atoms with Crippen LogP contribution in [0.3, 0.4) is 0 Å². The highest BCUT2D eigenvalue weighted by atomic mass is 32.2. The zero-order valence-electron chi connectivity index (χ0n) is 16.9. The van der Waals surface area contributed by atoms with E-state index >= 15 is 0 Å². The predicted molar refractivity (Wildman–Crippen MR) is 129 cm³/mol. The SMILES string of the molecule is Cc1cccc(N2C(=O)/C(=C3/Sc4ccccc4N3C)SC2=Nc2cccc(O)c2)c1. The Morgan fingerprint density at radius 3 is 2.52 bits per heavy atom. The van der Waals surface area contributed by atoms with Crippen LogP contribution >= 0.6 is 23.5 Å². The second-order valence-corrected chi connectivity index (χ2v) is 9.27. The number of thioether (sulfide) groups is 2. The summed E-state index contributed by atoms with van der Waals surface area (Å²) in [6.45, 7) is 2.00. The number of aliphatic imine (C=N–C) groups is 1. The van der Waals surface area contributed by atoms with E-state index in [-0.39, 0.29) is 11.7 Å². The number of rotatable bonds is 2. The Hall–Kier alpha value is -3.16. The van der Waals surface area contributed by atoms with Crippen LogP contribution in [0.15, 0.2) is 92.6 Å². The van der Waals surface area contributed by atoms with Gasteiger partial charge in [0.1, 0.15) is 10.7 Å². The lowest BCUT2D eigenvalue weighted by molar-refractivity contribution is -0.113. The molecule has 5 rings (SSSR count). The van der Waals surface area contributed by atoms with E-state index in [2.05, 4.69) is 17.0 Å². The molecule has 2 aliphatic heterocycles. The first-order chi connectivity index (χ1) is 15.0. The molecule has 1 saturated heterocycles. The van der Waals surface area contributed by atoms with E-state index in [4.69, 9.17) is 4.99 Å². The van der Waals surface area contributed by atoms with Crippen LogP contribution in [-0.4, -0.2) is 23.2 Å². The van der Waals surface area contributed by atoms with Crippen molar-refractivity contribution in [3.8, 4) is 5.75 Å². The third-order valence-corrected chi connectivity index (χ3v) is 7.42. The van der Waals surface area contributed by atoms with Gasteiger partial charge in [-0.3, -0.25) is 9.69 Å². The number of benzene rings is 3. The smallest absolute Gasteiger partial charge is 0.274 e. The molecule has 0 radical (unpaired) electrons. The number of amides is 1. The number of carbonyl (C=O) groups is 1. The fourth-order valence-corrected chi connectivity index (χ4v) is 5.89. The van der Waals surface area contributed by atoms with Crippen molar-refractivity contribution in [1.82, 2.24) is 0 Å². The third kappa shape index (κ3) is 3.60. The van der Waals surface area contributed by atoms with Gasteiger partial charge in [-0.1, -0.05) is 42.1 Å². The van der Waals surface area contributed by atoms with Crippen molar-refractivity contribution in [2.24, 2.45) is 4.99 Å². The first kappa shape index (κ1) is 19.8. The molecule has 0 aromatic heterocycles. The molecule has 0 bridgehead atoms. The summed E-state index contributed by atoms with van der Waals surface area (Å²) in [6.07, 6.45) is 0. The Morgan fingerprint density at radius 2 is 1.74 bits per heavy atom. The van der Waals surface area contributed by atoms with E-state index < -0.39 is 0 Å². The zero-order chi connectivity index (χ0) is 21.5. The Morgan fingerprint density at radius 1 is 0.935 bits per heavy atom. The number of nitrogens with zero attached hydrogens (tertiary/aromatic N) is 3. The number of hydrogen-bond acceptors (Lipinski definition) is 6. The molecule has 5 nitrogen and oxygen atoms in total. The van der Waals surface area contributed by atoms with Gasteiger partial charge in [0.25, 0.3) is 5.91 Å². The second kappa shape index (κ2) is 7.83. The lowest BCUT2D eigenvalue weighted by Crippen LogP contribution is -2.29. The van der Waals surface area contributed by atoms with E-state index in [1.807, 2.05) is 56.4 Å². The van der Waals surface area contributed by atoms with E-state index in [1.54, 1.807) is 34.9 Å². The van der Waals surface area contributed by atoms with Crippen molar-refractivity contribution in [2.75, 3.05) is 16.8 Å². The van der Waals surface area contributed by atoms with Gasteiger partial charge in [0.05, 0.1) is 22.1 Å². The van der Waals surface area contributed by atoms with E-state index in [0.717, 1.165) is 26.9 Å². The molecule has 154 valence electrons. The molecule has 1 amide bonds. The summed E-state index contributed by atoms with van der Waals surface area (Å²) in [7, 11) is 1.98. The number of aryl methyl sites for hydroxylation is 1. The summed E-state index contributed by atoms with van der Waals surface area (Å²) in [6, 6.07) is 22.7. The topological polar surface area (TPSA) is 56.1 Å². The van der Waals surface area contributed by atoms with Gasteiger partial charge >= 0.3 is 0 Å². The van der Waals surface area contributed by atoms with Crippen LogP contribution in [0.2, 0.25) is 0 Å². The molecular weight excluding hydrogens is 426 g/mol. The molecule has 0 spiro atoms. The van der Waals surface area contributed by atoms with E-state index in [9.17, 15) is 9.90 Å². The molecule has 3 aromatic carbocycles. The summed E-state index contributed by atoms with van der Waals surface area (Å²) < 4.78 is 0. The Bertz CT molecular complexity index is 1270. The third-order valence-electron chi connectivity index (χ3n) is 5.03.